The average Bonchev–Trinajstić information content (AvgIpc) is 3.22. The van der Waals surface area contributed by atoms with E-state index in [9.17, 15) is 9.59 Å². The van der Waals surface area contributed by atoms with Crippen LogP contribution in [0.1, 0.15) is 47.2 Å². The van der Waals surface area contributed by atoms with Gasteiger partial charge in [0.05, 0.1) is 0 Å². The Labute approximate surface area is 155 Å². The van der Waals surface area contributed by atoms with Crippen LogP contribution in [0, 0.1) is 0 Å². The van der Waals surface area contributed by atoms with Crippen molar-refractivity contribution in [2.24, 2.45) is 0 Å². The fourth-order valence-corrected chi connectivity index (χ4v) is 3.30. The van der Waals surface area contributed by atoms with Gasteiger partial charge in [-0.3, -0.25) is 9.59 Å². The number of hydrogen-bond acceptors (Lipinski definition) is 2. The Kier molecular flexibility index (Phi) is 6.42. The minimum absolute atomic E-state index is 0.0530. The minimum Gasteiger partial charge on any atom is -0.352 e. The molecule has 0 radical (unpaired) electrons. The highest BCUT2D eigenvalue weighted by Gasteiger charge is 2.19. The Morgan fingerprint density at radius 1 is 0.923 bits per heavy atom. The van der Waals surface area contributed by atoms with E-state index >= 15 is 0 Å². The number of amides is 2. The van der Waals surface area contributed by atoms with Crippen LogP contribution in [0.2, 0.25) is 0 Å². The molecule has 2 amide bonds. The van der Waals surface area contributed by atoms with Crippen molar-refractivity contribution in [2.75, 3.05) is 13.1 Å². The fourth-order valence-electron chi connectivity index (χ4n) is 3.30. The van der Waals surface area contributed by atoms with Gasteiger partial charge in [0.1, 0.15) is 0 Å². The summed E-state index contributed by atoms with van der Waals surface area (Å²) in [7, 11) is 0. The first-order valence-electron chi connectivity index (χ1n) is 9.41. The van der Waals surface area contributed by atoms with Crippen LogP contribution < -0.4 is 5.32 Å². The number of likely N-dealkylation sites (tertiary alicyclic amines) is 1. The van der Waals surface area contributed by atoms with Crippen LogP contribution in [0.4, 0.5) is 0 Å². The molecule has 0 atom stereocenters. The lowest BCUT2D eigenvalue weighted by atomic mass is 10.1. The first-order chi connectivity index (χ1) is 12.7. The van der Waals surface area contributed by atoms with Crippen LogP contribution in [0.3, 0.4) is 0 Å². The van der Waals surface area contributed by atoms with E-state index in [-0.39, 0.29) is 11.8 Å². The van der Waals surface area contributed by atoms with Crippen molar-refractivity contribution in [2.45, 2.75) is 38.6 Å². The zero-order valence-electron chi connectivity index (χ0n) is 15.1. The zero-order valence-corrected chi connectivity index (χ0v) is 15.1. The number of hydrogen-bond donors (Lipinski definition) is 1. The zero-order chi connectivity index (χ0) is 18.2. The van der Waals surface area contributed by atoms with Gasteiger partial charge in [-0.05, 0) is 48.9 Å². The summed E-state index contributed by atoms with van der Waals surface area (Å²) in [5, 5.41) is 2.96. The first-order valence-corrected chi connectivity index (χ1v) is 9.41. The predicted molar refractivity (Wildman–Crippen MR) is 103 cm³/mol. The number of benzene rings is 2. The highest BCUT2D eigenvalue weighted by molar-refractivity contribution is 5.94. The topological polar surface area (TPSA) is 49.4 Å². The Hall–Kier alpha value is -2.62. The van der Waals surface area contributed by atoms with Gasteiger partial charge in [-0.15, -0.1) is 0 Å². The number of carbonyl (C=O) groups excluding carboxylic acids is 2. The van der Waals surface area contributed by atoms with Crippen LogP contribution in [-0.2, 0) is 17.8 Å². The van der Waals surface area contributed by atoms with Gasteiger partial charge in [-0.25, -0.2) is 0 Å². The van der Waals surface area contributed by atoms with E-state index in [1.807, 2.05) is 47.4 Å². The van der Waals surface area contributed by atoms with Crippen molar-refractivity contribution in [3.05, 3.63) is 71.3 Å². The third-order valence-electron chi connectivity index (χ3n) is 4.77. The molecule has 1 aliphatic heterocycles. The van der Waals surface area contributed by atoms with Gasteiger partial charge in [0.25, 0.3) is 5.91 Å². The largest absolute Gasteiger partial charge is 0.352 e. The molecule has 1 heterocycles. The molecule has 1 fully saturated rings. The molecule has 0 saturated carbocycles. The van der Waals surface area contributed by atoms with E-state index in [0.29, 0.717) is 18.5 Å². The summed E-state index contributed by atoms with van der Waals surface area (Å²) in [5.74, 6) is 0.149. The Bertz CT molecular complexity index is 737. The van der Waals surface area contributed by atoms with Crippen molar-refractivity contribution in [3.8, 4) is 0 Å². The number of nitrogens with zero attached hydrogens (tertiary/aromatic N) is 1. The van der Waals surface area contributed by atoms with Gasteiger partial charge in [-0.2, -0.15) is 0 Å². The molecule has 2 aromatic carbocycles. The summed E-state index contributed by atoms with van der Waals surface area (Å²) in [6.07, 6.45) is 4.44. The van der Waals surface area contributed by atoms with Crippen molar-refractivity contribution in [1.82, 2.24) is 10.2 Å². The van der Waals surface area contributed by atoms with E-state index in [2.05, 4.69) is 17.4 Å². The van der Waals surface area contributed by atoms with E-state index in [1.165, 1.54) is 5.56 Å². The molecule has 1 aliphatic rings. The Balaban J connectivity index is 1.44. The standard InChI is InChI=1S/C22H26N2O2/c25-21(13-7-10-18-8-2-1-3-9-18)23-17-19-11-6-12-20(16-19)22(26)24-14-4-5-15-24/h1-3,6,8-9,11-12,16H,4-5,7,10,13-15,17H2,(H,23,25). The summed E-state index contributed by atoms with van der Waals surface area (Å²) < 4.78 is 0. The second-order valence-electron chi connectivity index (χ2n) is 6.82. The van der Waals surface area contributed by atoms with Gasteiger partial charge in [0, 0.05) is 31.6 Å². The highest BCUT2D eigenvalue weighted by atomic mass is 16.2. The maximum Gasteiger partial charge on any atom is 0.253 e. The molecular weight excluding hydrogens is 324 g/mol. The maximum atomic E-state index is 12.5. The molecular formula is C22H26N2O2. The van der Waals surface area contributed by atoms with Crippen molar-refractivity contribution < 1.29 is 9.59 Å². The lowest BCUT2D eigenvalue weighted by Crippen LogP contribution is -2.28. The normalized spacial score (nSPS) is 13.6. The van der Waals surface area contributed by atoms with Crippen molar-refractivity contribution >= 4 is 11.8 Å². The monoisotopic (exact) mass is 350 g/mol. The first kappa shape index (κ1) is 18.2. The van der Waals surface area contributed by atoms with Gasteiger partial charge >= 0.3 is 0 Å². The Morgan fingerprint density at radius 3 is 2.42 bits per heavy atom. The van der Waals surface area contributed by atoms with Crippen molar-refractivity contribution in [1.29, 1.82) is 0 Å². The minimum atomic E-state index is 0.0530. The van der Waals surface area contributed by atoms with Gasteiger partial charge in [0.15, 0.2) is 0 Å². The van der Waals surface area contributed by atoms with Gasteiger partial charge in [-0.1, -0.05) is 42.5 Å². The third-order valence-corrected chi connectivity index (χ3v) is 4.77. The molecule has 136 valence electrons. The quantitative estimate of drug-likeness (QED) is 0.830. The molecule has 26 heavy (non-hydrogen) atoms. The molecule has 0 bridgehead atoms. The summed E-state index contributed by atoms with van der Waals surface area (Å²) in [6, 6.07) is 17.8. The van der Waals surface area contributed by atoms with Crippen molar-refractivity contribution in [3.63, 3.8) is 0 Å². The summed E-state index contributed by atoms with van der Waals surface area (Å²) in [5.41, 5.74) is 2.93. The average molecular weight is 350 g/mol. The lowest BCUT2D eigenvalue weighted by Gasteiger charge is -2.15. The number of nitrogens with one attached hydrogen (secondary N) is 1. The molecule has 4 nitrogen and oxygen atoms in total. The second kappa shape index (κ2) is 9.18. The number of rotatable bonds is 7. The fraction of sp³-hybridized carbons (Fsp3) is 0.364. The number of carbonyl (C=O) groups is 2. The molecule has 1 saturated heterocycles. The lowest BCUT2D eigenvalue weighted by molar-refractivity contribution is -0.121. The number of aryl methyl sites for hydroxylation is 1. The summed E-state index contributed by atoms with van der Waals surface area (Å²) in [6.45, 7) is 2.16. The van der Waals surface area contributed by atoms with E-state index < -0.39 is 0 Å². The predicted octanol–water partition coefficient (Wildman–Crippen LogP) is 3.56. The molecule has 3 rings (SSSR count). The molecule has 1 N–H and O–H groups in total. The van der Waals surface area contributed by atoms with E-state index in [0.717, 1.165) is 44.3 Å². The van der Waals surface area contributed by atoms with Crippen LogP contribution in [0.5, 0.6) is 0 Å². The molecule has 0 spiro atoms. The maximum absolute atomic E-state index is 12.5. The summed E-state index contributed by atoms with van der Waals surface area (Å²) >= 11 is 0. The summed E-state index contributed by atoms with van der Waals surface area (Å²) in [4.78, 5) is 26.4. The molecule has 4 heteroatoms. The third kappa shape index (κ3) is 5.19. The van der Waals surface area contributed by atoms with Crippen LogP contribution in [-0.4, -0.2) is 29.8 Å². The van der Waals surface area contributed by atoms with Gasteiger partial charge in [0.2, 0.25) is 5.91 Å². The molecule has 0 aliphatic carbocycles. The van der Waals surface area contributed by atoms with E-state index in [1.54, 1.807) is 0 Å². The smallest absolute Gasteiger partial charge is 0.253 e. The second-order valence-corrected chi connectivity index (χ2v) is 6.82. The molecule has 2 aromatic rings. The van der Waals surface area contributed by atoms with Crippen LogP contribution in [0.25, 0.3) is 0 Å². The van der Waals surface area contributed by atoms with Crippen LogP contribution in [0.15, 0.2) is 54.6 Å². The highest BCUT2D eigenvalue weighted by Crippen LogP contribution is 2.14. The van der Waals surface area contributed by atoms with Crippen LogP contribution >= 0.6 is 0 Å². The SMILES string of the molecule is O=C(CCCc1ccccc1)NCc1cccc(C(=O)N2CCCC2)c1. The molecule has 0 unspecified atom stereocenters. The van der Waals surface area contributed by atoms with E-state index in [4.69, 9.17) is 0 Å². The Morgan fingerprint density at radius 2 is 1.65 bits per heavy atom. The van der Waals surface area contributed by atoms with Gasteiger partial charge < -0.3 is 10.2 Å². The molecule has 0 aromatic heterocycles.